The lowest BCUT2D eigenvalue weighted by Gasteiger charge is -2.35. The Hall–Kier alpha value is -2.68. The van der Waals surface area contributed by atoms with Gasteiger partial charge in [-0.15, -0.1) is 0 Å². The quantitative estimate of drug-likeness (QED) is 0.414. The van der Waals surface area contributed by atoms with Gasteiger partial charge in [0.2, 0.25) is 5.91 Å². The van der Waals surface area contributed by atoms with Crippen LogP contribution < -0.4 is 9.80 Å². The second-order valence-corrected chi connectivity index (χ2v) is 11.1. The van der Waals surface area contributed by atoms with Gasteiger partial charge in [0.15, 0.2) is 6.23 Å². The molecule has 9 heteroatoms. The van der Waals surface area contributed by atoms with Crippen LogP contribution in [0.4, 0.5) is 11.5 Å². The molecule has 2 aliphatic rings. The largest absolute Gasteiger partial charge is 0.441 e. The standard InChI is InChI=1S/C27H31ClN4O3S/c1-17(2)27(35-18(3)33)32-23-16-22(28)19(14-20(23)15-25(32)34)8-9-30-10-12-31(13-11-30)26-21-6-4-5-7-24(21)36-29-26/h4-7,14,16-17,27H,8-13,15H2,1-3H3. The van der Waals surface area contributed by atoms with E-state index < -0.39 is 12.2 Å². The normalized spacial score (nSPS) is 17.2. The van der Waals surface area contributed by atoms with E-state index in [0.717, 1.165) is 61.8 Å². The average molecular weight is 527 g/mol. The molecule has 0 radical (unpaired) electrons. The van der Waals surface area contributed by atoms with Gasteiger partial charge in [-0.25, -0.2) is 0 Å². The summed E-state index contributed by atoms with van der Waals surface area (Å²) in [5, 5.41) is 1.88. The van der Waals surface area contributed by atoms with Crippen LogP contribution in [0, 0.1) is 5.92 Å². The molecule has 1 atom stereocenters. The van der Waals surface area contributed by atoms with E-state index >= 15 is 0 Å². The summed E-state index contributed by atoms with van der Waals surface area (Å²) < 4.78 is 11.4. The fourth-order valence-corrected chi connectivity index (χ4v) is 6.15. The molecular formula is C27H31ClN4O3S. The van der Waals surface area contributed by atoms with Crippen LogP contribution in [-0.2, 0) is 27.2 Å². The fraction of sp³-hybridized carbons (Fsp3) is 0.444. The van der Waals surface area contributed by atoms with Crippen molar-refractivity contribution in [1.29, 1.82) is 0 Å². The first-order valence-corrected chi connectivity index (χ1v) is 13.6. The molecule has 3 heterocycles. The molecule has 0 saturated carbocycles. The molecule has 5 rings (SSSR count). The summed E-state index contributed by atoms with van der Waals surface area (Å²) in [7, 11) is 0. The molecule has 3 aromatic rings. The number of carbonyl (C=O) groups excluding carboxylic acids is 2. The van der Waals surface area contributed by atoms with Crippen LogP contribution in [0.25, 0.3) is 10.1 Å². The lowest BCUT2D eigenvalue weighted by Crippen LogP contribution is -2.47. The maximum absolute atomic E-state index is 12.9. The first kappa shape index (κ1) is 25.0. The SMILES string of the molecule is CC(=O)OC(C(C)C)N1C(=O)Cc2cc(CCN3CCN(c4nsc5ccccc45)CC3)c(Cl)cc21. The monoisotopic (exact) mass is 526 g/mol. The highest BCUT2D eigenvalue weighted by atomic mass is 35.5. The maximum atomic E-state index is 12.9. The van der Waals surface area contributed by atoms with Crippen LogP contribution in [0.3, 0.4) is 0 Å². The summed E-state index contributed by atoms with van der Waals surface area (Å²) in [5.74, 6) is 0.590. The number of benzene rings is 2. The smallest absolute Gasteiger partial charge is 0.304 e. The Morgan fingerprint density at radius 1 is 1.17 bits per heavy atom. The van der Waals surface area contributed by atoms with Crippen molar-refractivity contribution in [2.75, 3.05) is 42.5 Å². The number of nitrogens with zero attached hydrogens (tertiary/aromatic N) is 4. The molecule has 7 nitrogen and oxygen atoms in total. The summed E-state index contributed by atoms with van der Waals surface area (Å²) in [6, 6.07) is 12.3. The summed E-state index contributed by atoms with van der Waals surface area (Å²) >= 11 is 8.26. The zero-order valence-corrected chi connectivity index (χ0v) is 22.4. The Morgan fingerprint density at radius 3 is 2.64 bits per heavy atom. The molecule has 2 aliphatic heterocycles. The number of aromatic nitrogens is 1. The number of ether oxygens (including phenoxy) is 1. The molecule has 1 fully saturated rings. The second-order valence-electron chi connectivity index (χ2n) is 9.84. The van der Waals surface area contributed by atoms with Crippen molar-refractivity contribution in [1.82, 2.24) is 9.27 Å². The van der Waals surface area contributed by atoms with Gasteiger partial charge < -0.3 is 9.64 Å². The minimum absolute atomic E-state index is 0.0387. The van der Waals surface area contributed by atoms with Crippen molar-refractivity contribution in [2.24, 2.45) is 5.92 Å². The van der Waals surface area contributed by atoms with Crippen molar-refractivity contribution in [2.45, 2.75) is 39.8 Å². The molecule has 0 N–H and O–H groups in total. The van der Waals surface area contributed by atoms with Crippen LogP contribution in [0.1, 0.15) is 31.9 Å². The highest BCUT2D eigenvalue weighted by Crippen LogP contribution is 2.37. The lowest BCUT2D eigenvalue weighted by molar-refractivity contribution is -0.149. The predicted octanol–water partition coefficient (Wildman–Crippen LogP) is 4.75. The van der Waals surface area contributed by atoms with Gasteiger partial charge in [0, 0.05) is 56.0 Å². The zero-order chi connectivity index (χ0) is 25.4. The predicted molar refractivity (Wildman–Crippen MR) is 145 cm³/mol. The van der Waals surface area contributed by atoms with Crippen LogP contribution in [0.15, 0.2) is 36.4 Å². The first-order valence-electron chi connectivity index (χ1n) is 12.4. The van der Waals surface area contributed by atoms with E-state index in [1.807, 2.05) is 19.9 Å². The highest BCUT2D eigenvalue weighted by Gasteiger charge is 2.37. The summed E-state index contributed by atoms with van der Waals surface area (Å²) in [6.45, 7) is 9.98. The van der Waals surface area contributed by atoms with Gasteiger partial charge in [-0.1, -0.05) is 43.6 Å². The Bertz CT molecular complexity index is 1290. The average Bonchev–Trinajstić information content (AvgIpc) is 3.41. The fourth-order valence-electron chi connectivity index (χ4n) is 5.10. The van der Waals surface area contributed by atoms with E-state index in [0.29, 0.717) is 11.4 Å². The molecule has 1 amide bonds. The van der Waals surface area contributed by atoms with E-state index in [4.69, 9.17) is 20.7 Å². The third kappa shape index (κ3) is 4.94. The van der Waals surface area contributed by atoms with Gasteiger partial charge in [0.05, 0.1) is 16.8 Å². The van der Waals surface area contributed by atoms with Crippen molar-refractivity contribution in [3.8, 4) is 0 Å². The van der Waals surface area contributed by atoms with Gasteiger partial charge in [-0.05, 0) is 47.3 Å². The van der Waals surface area contributed by atoms with Gasteiger partial charge in [-0.3, -0.25) is 19.4 Å². The lowest BCUT2D eigenvalue weighted by atomic mass is 10.0. The summed E-state index contributed by atoms with van der Waals surface area (Å²) in [6.07, 6.45) is 0.478. The molecule has 36 heavy (non-hydrogen) atoms. The number of carbonyl (C=O) groups is 2. The van der Waals surface area contributed by atoms with Crippen molar-refractivity contribution < 1.29 is 14.3 Å². The number of hydrogen-bond donors (Lipinski definition) is 0. The minimum Gasteiger partial charge on any atom is -0.441 e. The molecule has 1 aromatic heterocycles. The number of halogens is 1. The van der Waals surface area contributed by atoms with Gasteiger partial charge in [-0.2, -0.15) is 4.37 Å². The van der Waals surface area contributed by atoms with Crippen molar-refractivity contribution >= 4 is 56.6 Å². The van der Waals surface area contributed by atoms with Gasteiger partial charge >= 0.3 is 5.97 Å². The number of rotatable bonds is 7. The Labute approximate surface area is 220 Å². The highest BCUT2D eigenvalue weighted by molar-refractivity contribution is 7.13. The number of amides is 1. The van der Waals surface area contributed by atoms with E-state index in [2.05, 4.69) is 40.1 Å². The Morgan fingerprint density at radius 2 is 1.92 bits per heavy atom. The Kier molecular flexibility index (Phi) is 7.19. The number of esters is 1. The van der Waals surface area contributed by atoms with Crippen molar-refractivity contribution in [3.05, 3.63) is 52.5 Å². The van der Waals surface area contributed by atoms with E-state index in [9.17, 15) is 9.59 Å². The number of fused-ring (bicyclic) bond motifs is 2. The van der Waals surface area contributed by atoms with Gasteiger partial charge in [0.25, 0.3) is 0 Å². The minimum atomic E-state index is -0.635. The summed E-state index contributed by atoms with van der Waals surface area (Å²) in [4.78, 5) is 30.9. The van der Waals surface area contributed by atoms with Crippen LogP contribution in [0.2, 0.25) is 5.02 Å². The van der Waals surface area contributed by atoms with Crippen molar-refractivity contribution in [3.63, 3.8) is 0 Å². The molecule has 1 saturated heterocycles. The molecule has 190 valence electrons. The topological polar surface area (TPSA) is 66.0 Å². The Balaban J connectivity index is 1.23. The zero-order valence-electron chi connectivity index (χ0n) is 20.9. The molecule has 0 bridgehead atoms. The van der Waals surface area contributed by atoms with E-state index in [-0.39, 0.29) is 11.8 Å². The van der Waals surface area contributed by atoms with Crippen LogP contribution in [0.5, 0.6) is 0 Å². The number of piperazine rings is 1. The van der Waals surface area contributed by atoms with Crippen LogP contribution >= 0.6 is 23.1 Å². The third-order valence-corrected chi connectivity index (χ3v) is 8.13. The second kappa shape index (κ2) is 10.4. The van der Waals surface area contributed by atoms with Gasteiger partial charge in [0.1, 0.15) is 5.82 Å². The first-order chi connectivity index (χ1) is 17.3. The third-order valence-electron chi connectivity index (χ3n) is 6.96. The molecule has 1 unspecified atom stereocenters. The maximum Gasteiger partial charge on any atom is 0.304 e. The molecule has 0 aliphatic carbocycles. The number of hydrogen-bond acceptors (Lipinski definition) is 7. The molecule has 0 spiro atoms. The van der Waals surface area contributed by atoms with Crippen LogP contribution in [-0.4, -0.2) is 60.1 Å². The van der Waals surface area contributed by atoms with E-state index in [1.165, 1.54) is 17.0 Å². The molecule has 2 aromatic carbocycles. The number of anilines is 2. The van der Waals surface area contributed by atoms with E-state index in [1.54, 1.807) is 16.4 Å². The molecular weight excluding hydrogens is 496 g/mol. The summed E-state index contributed by atoms with van der Waals surface area (Å²) in [5.41, 5.74) is 2.74.